The Balaban J connectivity index is 1.69. The molecule has 20 heavy (non-hydrogen) atoms. The second-order valence-corrected chi connectivity index (χ2v) is 5.60. The van der Waals surface area contributed by atoms with Gasteiger partial charge in [-0.15, -0.1) is 0 Å². The molecular formula is C15H12F2N2S. The van der Waals surface area contributed by atoms with E-state index < -0.39 is 11.6 Å². The molecule has 1 heterocycles. The van der Waals surface area contributed by atoms with Crippen molar-refractivity contribution in [2.75, 3.05) is 11.9 Å². The van der Waals surface area contributed by atoms with Crippen LogP contribution in [0.4, 0.5) is 14.5 Å². The van der Waals surface area contributed by atoms with Crippen LogP contribution in [0.25, 0.3) is 0 Å². The Morgan fingerprint density at radius 3 is 2.65 bits per heavy atom. The summed E-state index contributed by atoms with van der Waals surface area (Å²) in [6.07, 6.45) is 0. The van der Waals surface area contributed by atoms with E-state index in [2.05, 4.69) is 22.4 Å². The fourth-order valence-corrected chi connectivity index (χ4v) is 3.02. The quantitative estimate of drug-likeness (QED) is 0.895. The van der Waals surface area contributed by atoms with Crippen molar-refractivity contribution < 1.29 is 8.78 Å². The summed E-state index contributed by atoms with van der Waals surface area (Å²) in [5, 5.41) is 3.80. The highest BCUT2D eigenvalue weighted by molar-refractivity contribution is 8.14. The predicted octanol–water partition coefficient (Wildman–Crippen LogP) is 4.22. The number of hydrogen-bond donors (Lipinski definition) is 1. The second-order valence-electron chi connectivity index (χ2n) is 4.41. The fraction of sp³-hybridized carbons (Fsp3) is 0.133. The molecule has 0 amide bonds. The van der Waals surface area contributed by atoms with Crippen LogP contribution in [0.3, 0.4) is 0 Å². The van der Waals surface area contributed by atoms with E-state index in [1.165, 1.54) is 17.7 Å². The van der Waals surface area contributed by atoms with Crippen LogP contribution in [0, 0.1) is 11.6 Å². The molecule has 0 radical (unpaired) electrons. The molecule has 0 saturated heterocycles. The molecule has 0 bridgehead atoms. The number of thioether (sulfide) groups is 1. The zero-order valence-corrected chi connectivity index (χ0v) is 11.3. The van der Waals surface area contributed by atoms with Crippen LogP contribution < -0.4 is 5.32 Å². The normalized spacial score (nSPS) is 17.9. The summed E-state index contributed by atoms with van der Waals surface area (Å²) in [6.45, 7) is 0.653. The van der Waals surface area contributed by atoms with E-state index >= 15 is 0 Å². The van der Waals surface area contributed by atoms with Crippen LogP contribution in [0.2, 0.25) is 0 Å². The number of halogens is 2. The molecule has 1 aliphatic heterocycles. The molecule has 0 aliphatic carbocycles. The first-order chi connectivity index (χ1) is 9.72. The van der Waals surface area contributed by atoms with Crippen LogP contribution in [0.15, 0.2) is 53.5 Å². The molecule has 2 nitrogen and oxygen atoms in total. The molecule has 5 heteroatoms. The maximum atomic E-state index is 13.6. The van der Waals surface area contributed by atoms with Crippen LogP contribution in [0.1, 0.15) is 10.8 Å². The van der Waals surface area contributed by atoms with Gasteiger partial charge < -0.3 is 5.32 Å². The molecule has 2 aromatic carbocycles. The largest absolute Gasteiger partial charge is 0.333 e. The number of benzene rings is 2. The molecule has 102 valence electrons. The van der Waals surface area contributed by atoms with Gasteiger partial charge in [-0.25, -0.2) is 8.78 Å². The third-order valence-electron chi connectivity index (χ3n) is 3.00. The minimum Gasteiger partial charge on any atom is -0.333 e. The maximum Gasteiger partial charge on any atom is 0.161 e. The van der Waals surface area contributed by atoms with Gasteiger partial charge in [0.2, 0.25) is 0 Å². The summed E-state index contributed by atoms with van der Waals surface area (Å²) in [5.74, 6) is -1.20. The Morgan fingerprint density at radius 1 is 1.10 bits per heavy atom. The third kappa shape index (κ3) is 2.82. The van der Waals surface area contributed by atoms with Crippen LogP contribution in [-0.4, -0.2) is 11.7 Å². The van der Waals surface area contributed by atoms with Gasteiger partial charge in [-0.05, 0) is 17.7 Å². The van der Waals surface area contributed by atoms with E-state index in [1.807, 2.05) is 18.2 Å². The Kier molecular flexibility index (Phi) is 3.69. The van der Waals surface area contributed by atoms with Crippen molar-refractivity contribution in [1.82, 2.24) is 0 Å². The fourth-order valence-electron chi connectivity index (χ4n) is 1.99. The highest BCUT2D eigenvalue weighted by Gasteiger charge is 2.21. The lowest BCUT2D eigenvalue weighted by Gasteiger charge is -2.10. The first-order valence-electron chi connectivity index (χ1n) is 6.20. The monoisotopic (exact) mass is 290 g/mol. The van der Waals surface area contributed by atoms with Crippen molar-refractivity contribution in [3.05, 3.63) is 65.7 Å². The van der Waals surface area contributed by atoms with Gasteiger partial charge in [-0.1, -0.05) is 42.1 Å². The number of hydrogen-bond acceptors (Lipinski definition) is 3. The standard InChI is InChI=1S/C15H12F2N2S/c16-11-6-7-13(12(17)8-11)19-15-18-9-14(20-15)10-4-2-1-3-5-10/h1-8,14H,9H2,(H,18,19). The molecule has 2 aromatic rings. The molecule has 0 spiro atoms. The number of aliphatic imine (C=N–C) groups is 1. The Bertz CT molecular complexity index is 644. The topological polar surface area (TPSA) is 24.4 Å². The maximum absolute atomic E-state index is 13.6. The average molecular weight is 290 g/mol. The molecule has 1 atom stereocenters. The number of anilines is 1. The zero-order chi connectivity index (χ0) is 13.9. The zero-order valence-electron chi connectivity index (χ0n) is 10.5. The Morgan fingerprint density at radius 2 is 1.90 bits per heavy atom. The summed E-state index contributed by atoms with van der Waals surface area (Å²) in [5.41, 5.74) is 1.43. The molecule has 1 unspecified atom stereocenters. The first-order valence-corrected chi connectivity index (χ1v) is 7.08. The minimum atomic E-state index is -0.614. The van der Waals surface area contributed by atoms with Crippen molar-refractivity contribution in [2.45, 2.75) is 5.25 Å². The predicted molar refractivity (Wildman–Crippen MR) is 79.1 cm³/mol. The van der Waals surface area contributed by atoms with Gasteiger partial charge in [-0.3, -0.25) is 4.99 Å². The Hall–Kier alpha value is -1.88. The van der Waals surface area contributed by atoms with Crippen LogP contribution >= 0.6 is 11.8 Å². The Labute approximate surface area is 119 Å². The van der Waals surface area contributed by atoms with Gasteiger partial charge in [0.15, 0.2) is 5.17 Å². The highest BCUT2D eigenvalue weighted by atomic mass is 32.2. The number of rotatable bonds is 2. The van der Waals surface area contributed by atoms with Gasteiger partial charge in [-0.2, -0.15) is 0 Å². The smallest absolute Gasteiger partial charge is 0.161 e. The molecule has 1 aliphatic rings. The molecule has 0 fully saturated rings. The third-order valence-corrected chi connectivity index (χ3v) is 4.16. The second kappa shape index (κ2) is 5.63. The average Bonchev–Trinajstić information content (AvgIpc) is 2.92. The van der Waals surface area contributed by atoms with Crippen LogP contribution in [-0.2, 0) is 0 Å². The molecule has 0 aromatic heterocycles. The van der Waals surface area contributed by atoms with Gasteiger partial charge in [0.25, 0.3) is 0 Å². The van der Waals surface area contributed by atoms with E-state index in [-0.39, 0.29) is 10.9 Å². The summed E-state index contributed by atoms with van der Waals surface area (Å²) >= 11 is 1.55. The van der Waals surface area contributed by atoms with Gasteiger partial charge >= 0.3 is 0 Å². The van der Waals surface area contributed by atoms with Gasteiger partial charge in [0.1, 0.15) is 11.6 Å². The van der Waals surface area contributed by atoms with E-state index in [4.69, 9.17) is 0 Å². The summed E-state index contributed by atoms with van der Waals surface area (Å²) in [4.78, 5) is 4.36. The van der Waals surface area contributed by atoms with Crippen molar-refractivity contribution in [1.29, 1.82) is 0 Å². The highest BCUT2D eigenvalue weighted by Crippen LogP contribution is 2.35. The number of nitrogens with zero attached hydrogens (tertiary/aromatic N) is 1. The van der Waals surface area contributed by atoms with Crippen molar-refractivity contribution >= 4 is 22.6 Å². The van der Waals surface area contributed by atoms with E-state index in [9.17, 15) is 8.78 Å². The summed E-state index contributed by atoms with van der Waals surface area (Å²) < 4.78 is 26.4. The lowest BCUT2D eigenvalue weighted by atomic mass is 10.1. The lowest BCUT2D eigenvalue weighted by Crippen LogP contribution is -2.07. The van der Waals surface area contributed by atoms with Gasteiger partial charge in [0.05, 0.1) is 17.5 Å². The molecule has 0 saturated carbocycles. The van der Waals surface area contributed by atoms with E-state index in [0.29, 0.717) is 11.7 Å². The van der Waals surface area contributed by atoms with Crippen LogP contribution in [0.5, 0.6) is 0 Å². The molecule has 3 rings (SSSR count). The number of nitrogens with one attached hydrogen (secondary N) is 1. The number of amidine groups is 1. The van der Waals surface area contributed by atoms with E-state index in [1.54, 1.807) is 11.8 Å². The van der Waals surface area contributed by atoms with Crippen molar-refractivity contribution in [3.8, 4) is 0 Å². The van der Waals surface area contributed by atoms with Gasteiger partial charge in [0, 0.05) is 6.07 Å². The van der Waals surface area contributed by atoms with Crippen molar-refractivity contribution in [2.24, 2.45) is 4.99 Å². The lowest BCUT2D eigenvalue weighted by molar-refractivity contribution is 0.586. The van der Waals surface area contributed by atoms with E-state index in [0.717, 1.165) is 6.07 Å². The SMILES string of the molecule is Fc1ccc(NC2=NCC(c3ccccc3)S2)c(F)c1. The molecular weight excluding hydrogens is 278 g/mol. The first kappa shape index (κ1) is 13.1. The summed E-state index contributed by atoms with van der Waals surface area (Å²) in [7, 11) is 0. The summed E-state index contributed by atoms with van der Waals surface area (Å²) in [6, 6.07) is 13.5. The molecule has 1 N–H and O–H groups in total. The minimum absolute atomic E-state index is 0.238. The van der Waals surface area contributed by atoms with Crippen molar-refractivity contribution in [3.63, 3.8) is 0 Å².